The molecule has 2 unspecified atom stereocenters. The number of carbonyl (C=O) groups is 3. The van der Waals surface area contributed by atoms with Crippen LogP contribution in [-0.4, -0.2) is 70.7 Å². The first-order chi connectivity index (χ1) is 14.3. The van der Waals surface area contributed by atoms with Crippen LogP contribution in [-0.2, 0) is 19.1 Å². The minimum atomic E-state index is -1.02. The van der Waals surface area contributed by atoms with Crippen molar-refractivity contribution in [2.75, 3.05) is 13.7 Å². The Bertz CT molecular complexity index is 742. The van der Waals surface area contributed by atoms with E-state index in [1.165, 1.54) is 4.90 Å². The number of ether oxygens (including phenoxy) is 1. The molecule has 0 aromatic carbocycles. The number of hydrogen-bond donors (Lipinski definition) is 3. The van der Waals surface area contributed by atoms with Gasteiger partial charge in [0.2, 0.25) is 17.7 Å². The summed E-state index contributed by atoms with van der Waals surface area (Å²) >= 11 is 0. The second kappa shape index (κ2) is 8.03. The highest BCUT2D eigenvalue weighted by molar-refractivity contribution is 5.99. The molecule has 0 saturated carbocycles. The van der Waals surface area contributed by atoms with E-state index < -0.39 is 35.1 Å². The Morgan fingerprint density at radius 2 is 1.90 bits per heavy atom. The van der Waals surface area contributed by atoms with Gasteiger partial charge in [-0.1, -0.05) is 27.7 Å². The van der Waals surface area contributed by atoms with Crippen molar-refractivity contribution >= 4 is 17.7 Å². The molecule has 0 aromatic rings. The summed E-state index contributed by atoms with van der Waals surface area (Å²) in [5, 5.41) is 15.8. The molecule has 3 amide bonds. The van der Waals surface area contributed by atoms with Gasteiger partial charge < -0.3 is 25.4 Å². The van der Waals surface area contributed by atoms with Gasteiger partial charge in [0.05, 0.1) is 30.6 Å². The Labute approximate surface area is 185 Å². The standard InChI is InChI=1S/C23H39N3O5/c1-8-13(11-27)26-17(19(29)25-22(5,6)12-21(2,3)4)23-10-9-14(31-23)15(18(28)24-7)16(23)20(26)30/h13-17,27H,8-12H2,1-7H3,(H,24,28)(H,25,29)/t13-,14+,15-,16-,17?,23?/m0/s1. The third-order valence-corrected chi connectivity index (χ3v) is 7.04. The van der Waals surface area contributed by atoms with Crippen LogP contribution in [0.25, 0.3) is 0 Å². The average molecular weight is 438 g/mol. The van der Waals surface area contributed by atoms with Crippen LogP contribution >= 0.6 is 0 Å². The number of aliphatic hydroxyl groups is 1. The third-order valence-electron chi connectivity index (χ3n) is 7.04. The number of aliphatic hydroxyl groups excluding tert-OH is 1. The van der Waals surface area contributed by atoms with Crippen LogP contribution in [0.3, 0.4) is 0 Å². The van der Waals surface area contributed by atoms with E-state index in [9.17, 15) is 19.5 Å². The zero-order valence-electron chi connectivity index (χ0n) is 19.9. The second-order valence-corrected chi connectivity index (χ2v) is 11.3. The van der Waals surface area contributed by atoms with Crippen molar-refractivity contribution in [3.8, 4) is 0 Å². The molecular formula is C23H39N3O5. The van der Waals surface area contributed by atoms with Gasteiger partial charge in [0, 0.05) is 12.6 Å². The van der Waals surface area contributed by atoms with Gasteiger partial charge in [-0.3, -0.25) is 14.4 Å². The van der Waals surface area contributed by atoms with Gasteiger partial charge in [-0.05, 0) is 44.9 Å². The molecule has 2 bridgehead atoms. The lowest BCUT2D eigenvalue weighted by Crippen LogP contribution is -2.61. The second-order valence-electron chi connectivity index (χ2n) is 11.3. The number of carbonyl (C=O) groups excluding carboxylic acids is 3. The van der Waals surface area contributed by atoms with Crippen molar-refractivity contribution < 1.29 is 24.2 Å². The summed E-state index contributed by atoms with van der Waals surface area (Å²) in [6, 6.07) is -1.36. The largest absolute Gasteiger partial charge is 0.394 e. The number of fused-ring (bicyclic) bond motifs is 1. The molecule has 3 saturated heterocycles. The number of amides is 3. The minimum Gasteiger partial charge on any atom is -0.394 e. The molecule has 31 heavy (non-hydrogen) atoms. The van der Waals surface area contributed by atoms with Crippen molar-refractivity contribution in [1.29, 1.82) is 0 Å². The van der Waals surface area contributed by atoms with Crippen molar-refractivity contribution in [1.82, 2.24) is 15.5 Å². The molecule has 176 valence electrons. The summed E-state index contributed by atoms with van der Waals surface area (Å²) in [6.07, 6.45) is 2.10. The predicted octanol–water partition coefficient (Wildman–Crippen LogP) is 1.21. The van der Waals surface area contributed by atoms with Crippen molar-refractivity contribution in [2.24, 2.45) is 17.3 Å². The van der Waals surface area contributed by atoms with E-state index in [-0.39, 0.29) is 35.8 Å². The Kier molecular flexibility index (Phi) is 6.21. The molecule has 3 fully saturated rings. The van der Waals surface area contributed by atoms with Gasteiger partial charge in [0.1, 0.15) is 11.6 Å². The van der Waals surface area contributed by atoms with E-state index in [1.807, 2.05) is 20.8 Å². The molecule has 1 spiro atoms. The molecule has 0 radical (unpaired) electrons. The summed E-state index contributed by atoms with van der Waals surface area (Å²) in [7, 11) is 1.56. The molecule has 0 aliphatic carbocycles. The van der Waals surface area contributed by atoms with Crippen LogP contribution in [0.5, 0.6) is 0 Å². The van der Waals surface area contributed by atoms with Crippen LogP contribution in [0.1, 0.15) is 67.2 Å². The normalized spacial score (nSPS) is 33.4. The van der Waals surface area contributed by atoms with Gasteiger partial charge in [0.15, 0.2) is 0 Å². The molecule has 8 nitrogen and oxygen atoms in total. The van der Waals surface area contributed by atoms with E-state index in [0.717, 1.165) is 6.42 Å². The van der Waals surface area contributed by atoms with Crippen LogP contribution in [0, 0.1) is 17.3 Å². The average Bonchev–Trinajstić information content (AvgIpc) is 3.27. The highest BCUT2D eigenvalue weighted by Crippen LogP contribution is 2.58. The molecule has 3 N–H and O–H groups in total. The van der Waals surface area contributed by atoms with Gasteiger partial charge >= 0.3 is 0 Å². The number of rotatable bonds is 7. The number of likely N-dealkylation sites (tertiary alicyclic amines) is 1. The molecule has 8 heteroatoms. The van der Waals surface area contributed by atoms with E-state index in [0.29, 0.717) is 19.3 Å². The van der Waals surface area contributed by atoms with E-state index in [1.54, 1.807) is 7.05 Å². The number of nitrogens with zero attached hydrogens (tertiary/aromatic N) is 1. The molecule has 3 aliphatic heterocycles. The first-order valence-electron chi connectivity index (χ1n) is 11.5. The predicted molar refractivity (Wildman–Crippen MR) is 116 cm³/mol. The Morgan fingerprint density at radius 1 is 1.26 bits per heavy atom. The Balaban J connectivity index is 2.00. The fourth-order valence-electron chi connectivity index (χ4n) is 6.44. The first kappa shape index (κ1) is 24.0. The number of nitrogens with one attached hydrogen (secondary N) is 2. The maximum Gasteiger partial charge on any atom is 0.246 e. The highest BCUT2D eigenvalue weighted by atomic mass is 16.5. The van der Waals surface area contributed by atoms with E-state index in [2.05, 4.69) is 31.4 Å². The van der Waals surface area contributed by atoms with Gasteiger partial charge in [0.25, 0.3) is 0 Å². The van der Waals surface area contributed by atoms with Gasteiger partial charge in [-0.15, -0.1) is 0 Å². The molecule has 3 heterocycles. The van der Waals surface area contributed by atoms with Crippen molar-refractivity contribution in [3.05, 3.63) is 0 Å². The number of hydrogen-bond acceptors (Lipinski definition) is 5. The topological polar surface area (TPSA) is 108 Å². The van der Waals surface area contributed by atoms with Crippen molar-refractivity contribution in [2.45, 2.75) is 96.6 Å². The van der Waals surface area contributed by atoms with Crippen molar-refractivity contribution in [3.63, 3.8) is 0 Å². The Morgan fingerprint density at radius 3 is 2.42 bits per heavy atom. The molecule has 0 aromatic heterocycles. The maximum atomic E-state index is 13.7. The van der Waals surface area contributed by atoms with Crippen LogP contribution in [0.15, 0.2) is 0 Å². The lowest BCUT2D eigenvalue weighted by atomic mass is 9.70. The zero-order valence-corrected chi connectivity index (χ0v) is 19.9. The van der Waals surface area contributed by atoms with E-state index >= 15 is 0 Å². The smallest absolute Gasteiger partial charge is 0.246 e. The highest BCUT2D eigenvalue weighted by Gasteiger charge is 2.75. The zero-order chi connectivity index (χ0) is 23.4. The SMILES string of the molecule is CC[C@@H](CO)N1C(=O)[C@@H]2[C@@H](C(=O)NC)[C@H]3CCC2(O3)C1C(=O)NC(C)(C)CC(C)(C)C. The lowest BCUT2D eigenvalue weighted by Gasteiger charge is -2.40. The summed E-state index contributed by atoms with van der Waals surface area (Å²) in [5.41, 5.74) is -1.51. The molecule has 3 aliphatic rings. The molecular weight excluding hydrogens is 398 g/mol. The minimum absolute atomic E-state index is 0.00641. The Hall–Kier alpha value is -1.67. The maximum absolute atomic E-state index is 13.7. The van der Waals surface area contributed by atoms with Gasteiger partial charge in [-0.25, -0.2) is 0 Å². The third kappa shape index (κ3) is 3.97. The molecule has 3 rings (SSSR count). The lowest BCUT2D eigenvalue weighted by molar-refractivity contribution is -0.146. The summed E-state index contributed by atoms with van der Waals surface area (Å²) in [5.74, 6) is -2.06. The summed E-state index contributed by atoms with van der Waals surface area (Å²) in [4.78, 5) is 41.6. The first-order valence-corrected chi connectivity index (χ1v) is 11.5. The van der Waals surface area contributed by atoms with E-state index in [4.69, 9.17) is 4.74 Å². The molecule has 6 atom stereocenters. The fourth-order valence-corrected chi connectivity index (χ4v) is 6.44. The summed E-state index contributed by atoms with van der Waals surface area (Å²) < 4.78 is 6.34. The van der Waals surface area contributed by atoms with Gasteiger partial charge in [-0.2, -0.15) is 0 Å². The fraction of sp³-hybridized carbons (Fsp3) is 0.870. The monoisotopic (exact) mass is 437 g/mol. The van der Waals surface area contributed by atoms with Crippen LogP contribution < -0.4 is 10.6 Å². The summed E-state index contributed by atoms with van der Waals surface area (Å²) in [6.45, 7) is 12.0. The quantitative estimate of drug-likeness (QED) is 0.555. The van der Waals surface area contributed by atoms with Crippen LogP contribution in [0.4, 0.5) is 0 Å². The van der Waals surface area contributed by atoms with Crippen LogP contribution in [0.2, 0.25) is 0 Å².